The molecule has 0 radical (unpaired) electrons. The van der Waals surface area contributed by atoms with Gasteiger partial charge in [-0.1, -0.05) is 0 Å². The highest BCUT2D eigenvalue weighted by Crippen LogP contribution is 2.31. The van der Waals surface area contributed by atoms with E-state index in [1.165, 1.54) is 0 Å². The number of alkyl halides is 3. The van der Waals surface area contributed by atoms with Gasteiger partial charge in [-0.3, -0.25) is 14.4 Å². The maximum absolute atomic E-state index is 13.2. The van der Waals surface area contributed by atoms with Crippen LogP contribution in [0.2, 0.25) is 0 Å². The summed E-state index contributed by atoms with van der Waals surface area (Å²) in [4.78, 5) is 14.7. The van der Waals surface area contributed by atoms with Crippen molar-refractivity contribution in [3.05, 3.63) is 41.1 Å². The highest BCUT2D eigenvalue weighted by atomic mass is 19.4. The average molecular weight is 384 g/mol. The van der Waals surface area contributed by atoms with Gasteiger partial charge in [0.15, 0.2) is 5.69 Å². The smallest absolute Gasteiger partial charge is 0.435 e. The molecule has 1 aliphatic rings. The lowest BCUT2D eigenvalue weighted by Gasteiger charge is -2.26. The molecule has 1 fully saturated rings. The number of halogens is 3. The number of aryl methyl sites for hydroxylation is 2. The number of nitrogens with zero attached hydrogens (tertiary/aromatic N) is 3. The second kappa shape index (κ2) is 7.75. The minimum atomic E-state index is -4.68. The van der Waals surface area contributed by atoms with Crippen molar-refractivity contribution < 1.29 is 22.4 Å². The highest BCUT2D eigenvalue weighted by Gasteiger charge is 2.39. The molecule has 1 saturated heterocycles. The van der Waals surface area contributed by atoms with Crippen molar-refractivity contribution in [2.24, 2.45) is 0 Å². The Kier molecular flexibility index (Phi) is 5.59. The van der Waals surface area contributed by atoms with E-state index in [0.717, 1.165) is 42.6 Å². The predicted octanol–water partition coefficient (Wildman–Crippen LogP) is 3.39. The largest absolute Gasteiger partial charge is 0.465 e. The molecule has 1 aliphatic heterocycles. The zero-order valence-corrected chi connectivity index (χ0v) is 15.3. The van der Waals surface area contributed by atoms with Gasteiger partial charge in [-0.2, -0.15) is 18.3 Å². The van der Waals surface area contributed by atoms with Gasteiger partial charge in [0.2, 0.25) is 0 Å². The zero-order valence-electron chi connectivity index (χ0n) is 15.3. The van der Waals surface area contributed by atoms with Crippen LogP contribution in [0.25, 0.3) is 0 Å². The molecule has 2 aromatic heterocycles. The number of carbonyl (C=O) groups excluding carboxylic acids is 1. The van der Waals surface area contributed by atoms with Crippen LogP contribution in [-0.2, 0) is 12.7 Å². The Morgan fingerprint density at radius 3 is 2.59 bits per heavy atom. The van der Waals surface area contributed by atoms with Gasteiger partial charge >= 0.3 is 6.18 Å². The molecule has 3 heterocycles. The van der Waals surface area contributed by atoms with E-state index in [-0.39, 0.29) is 19.1 Å². The highest BCUT2D eigenvalue weighted by molar-refractivity contribution is 5.95. The molecule has 27 heavy (non-hydrogen) atoms. The fraction of sp³-hybridized carbons (Fsp3) is 0.556. The first-order valence-electron chi connectivity index (χ1n) is 9.02. The number of amides is 1. The Labute approximate surface area is 155 Å². The second-order valence-electron chi connectivity index (χ2n) is 6.66. The van der Waals surface area contributed by atoms with Crippen molar-refractivity contribution >= 4 is 5.91 Å². The molecule has 0 bridgehead atoms. The quantitative estimate of drug-likeness (QED) is 0.829. The number of hydrogen-bond donors (Lipinski definition) is 1. The molecular formula is C18H23F3N4O2. The third-order valence-corrected chi connectivity index (χ3v) is 4.73. The summed E-state index contributed by atoms with van der Waals surface area (Å²) in [6, 6.07) is 3.48. The Balaban J connectivity index is 1.77. The van der Waals surface area contributed by atoms with E-state index in [1.807, 2.05) is 19.1 Å². The van der Waals surface area contributed by atoms with E-state index in [4.69, 9.17) is 4.42 Å². The predicted molar refractivity (Wildman–Crippen MR) is 92.2 cm³/mol. The molecule has 0 aromatic carbocycles. The number of aromatic nitrogens is 2. The lowest BCUT2D eigenvalue weighted by atomic mass is 10.1. The fourth-order valence-corrected chi connectivity index (χ4v) is 3.34. The van der Waals surface area contributed by atoms with Gasteiger partial charge in [0, 0.05) is 19.3 Å². The van der Waals surface area contributed by atoms with Gasteiger partial charge in [0.25, 0.3) is 5.91 Å². The van der Waals surface area contributed by atoms with Crippen LogP contribution in [0, 0.1) is 6.92 Å². The maximum atomic E-state index is 13.2. The molecule has 2 aromatic rings. The second-order valence-corrected chi connectivity index (χ2v) is 6.66. The molecule has 1 N–H and O–H groups in total. The van der Waals surface area contributed by atoms with Crippen molar-refractivity contribution in [1.82, 2.24) is 20.0 Å². The number of furan rings is 1. The summed E-state index contributed by atoms with van der Waals surface area (Å²) in [6.07, 6.45) is -1.45. The lowest BCUT2D eigenvalue weighted by Crippen LogP contribution is -2.37. The van der Waals surface area contributed by atoms with Crippen LogP contribution >= 0.6 is 0 Å². The normalized spacial score (nSPS) is 16.6. The van der Waals surface area contributed by atoms with Gasteiger partial charge in [-0.15, -0.1) is 0 Å². The molecule has 9 heteroatoms. The first kappa shape index (κ1) is 19.5. The third-order valence-electron chi connectivity index (χ3n) is 4.73. The Bertz CT molecular complexity index is 791. The van der Waals surface area contributed by atoms with Gasteiger partial charge < -0.3 is 9.73 Å². The number of nitrogens with one attached hydrogen (secondary N) is 1. The van der Waals surface area contributed by atoms with Crippen LogP contribution in [-0.4, -0.2) is 40.2 Å². The molecule has 0 saturated carbocycles. The van der Waals surface area contributed by atoms with Gasteiger partial charge in [-0.25, -0.2) is 0 Å². The first-order chi connectivity index (χ1) is 12.8. The van der Waals surface area contributed by atoms with Crippen molar-refractivity contribution in [3.8, 4) is 0 Å². The minimum Gasteiger partial charge on any atom is -0.465 e. The standard InChI is InChI=1S/C18H23F3N4O2/c1-3-25-11-13(16(23-25)18(19,20)21)17(26)22-10-14(24-8-4-5-9-24)15-7-6-12(2)27-15/h6-7,11,14H,3-5,8-10H2,1-2H3,(H,22,26). The van der Waals surface area contributed by atoms with Crippen LogP contribution < -0.4 is 5.32 Å². The summed E-state index contributed by atoms with van der Waals surface area (Å²) in [5, 5.41) is 6.13. The van der Waals surface area contributed by atoms with Crippen LogP contribution in [0.5, 0.6) is 0 Å². The Morgan fingerprint density at radius 1 is 1.33 bits per heavy atom. The molecule has 0 spiro atoms. The summed E-state index contributed by atoms with van der Waals surface area (Å²) in [6.45, 7) is 5.64. The zero-order chi connectivity index (χ0) is 19.6. The lowest BCUT2D eigenvalue weighted by molar-refractivity contribution is -0.141. The number of carbonyl (C=O) groups is 1. The maximum Gasteiger partial charge on any atom is 0.435 e. The summed E-state index contributed by atoms with van der Waals surface area (Å²) >= 11 is 0. The SMILES string of the molecule is CCn1cc(C(=O)NCC(c2ccc(C)o2)N2CCCC2)c(C(F)(F)F)n1. The monoisotopic (exact) mass is 384 g/mol. The molecule has 1 atom stereocenters. The van der Waals surface area contributed by atoms with E-state index in [9.17, 15) is 18.0 Å². The van der Waals surface area contributed by atoms with Gasteiger partial charge in [0.05, 0.1) is 11.6 Å². The van der Waals surface area contributed by atoms with E-state index >= 15 is 0 Å². The van der Waals surface area contributed by atoms with Gasteiger partial charge in [0.1, 0.15) is 11.5 Å². The summed E-state index contributed by atoms with van der Waals surface area (Å²) in [5.41, 5.74) is -1.62. The minimum absolute atomic E-state index is 0.167. The summed E-state index contributed by atoms with van der Waals surface area (Å²) in [7, 11) is 0. The van der Waals surface area contributed by atoms with Crippen molar-refractivity contribution in [2.75, 3.05) is 19.6 Å². The molecule has 0 aliphatic carbocycles. The average Bonchev–Trinajstić information content (AvgIpc) is 3.34. The molecule has 1 unspecified atom stereocenters. The number of hydrogen-bond acceptors (Lipinski definition) is 4. The van der Waals surface area contributed by atoms with E-state index < -0.39 is 23.3 Å². The third kappa shape index (κ3) is 4.35. The summed E-state index contributed by atoms with van der Waals surface area (Å²) < 4.78 is 46.4. The molecular weight excluding hydrogens is 361 g/mol. The molecule has 3 rings (SSSR count). The van der Waals surface area contributed by atoms with Gasteiger partial charge in [-0.05, 0) is 51.9 Å². The first-order valence-corrected chi connectivity index (χ1v) is 9.02. The van der Waals surface area contributed by atoms with Crippen LogP contribution in [0.15, 0.2) is 22.7 Å². The van der Waals surface area contributed by atoms with E-state index in [1.54, 1.807) is 6.92 Å². The van der Waals surface area contributed by atoms with Crippen molar-refractivity contribution in [2.45, 2.75) is 45.5 Å². The van der Waals surface area contributed by atoms with Crippen molar-refractivity contribution in [1.29, 1.82) is 0 Å². The molecule has 1 amide bonds. The topological polar surface area (TPSA) is 63.3 Å². The van der Waals surface area contributed by atoms with Crippen LogP contribution in [0.3, 0.4) is 0 Å². The van der Waals surface area contributed by atoms with Crippen molar-refractivity contribution in [3.63, 3.8) is 0 Å². The summed E-state index contributed by atoms with van der Waals surface area (Å²) in [5.74, 6) is 0.675. The number of rotatable bonds is 6. The number of likely N-dealkylation sites (tertiary alicyclic amines) is 1. The molecule has 148 valence electrons. The Morgan fingerprint density at radius 2 is 2.04 bits per heavy atom. The van der Waals surface area contributed by atoms with E-state index in [2.05, 4.69) is 15.3 Å². The Hall–Kier alpha value is -2.29. The van der Waals surface area contributed by atoms with E-state index in [0.29, 0.717) is 5.76 Å². The fourth-order valence-electron chi connectivity index (χ4n) is 3.34. The van der Waals surface area contributed by atoms with Crippen LogP contribution in [0.1, 0.15) is 53.4 Å². The molecule has 6 nitrogen and oxygen atoms in total. The van der Waals surface area contributed by atoms with Crippen LogP contribution in [0.4, 0.5) is 13.2 Å².